The molecule has 7 nitrogen and oxygen atoms in total. The molecule has 0 spiro atoms. The normalized spacial score (nSPS) is 13.8. The van der Waals surface area contributed by atoms with Crippen LogP contribution in [0, 0.1) is 19.7 Å². The Bertz CT molecular complexity index is 1130. The number of nitrogens with one attached hydrogen (secondary N) is 1. The number of hydrogen-bond donors (Lipinski definition) is 1. The van der Waals surface area contributed by atoms with Gasteiger partial charge in [0.25, 0.3) is 0 Å². The summed E-state index contributed by atoms with van der Waals surface area (Å²) in [6.07, 6.45) is 3.01. The van der Waals surface area contributed by atoms with Crippen LogP contribution in [0.2, 0.25) is 0 Å². The molecule has 0 saturated carbocycles. The van der Waals surface area contributed by atoms with Gasteiger partial charge in [0.1, 0.15) is 5.82 Å². The highest BCUT2D eigenvalue weighted by Gasteiger charge is 2.19. The van der Waals surface area contributed by atoms with E-state index in [1.165, 1.54) is 12.1 Å². The number of amides is 1. The van der Waals surface area contributed by atoms with E-state index in [0.29, 0.717) is 18.0 Å². The molecule has 3 heterocycles. The monoisotopic (exact) mass is 425 g/mol. The van der Waals surface area contributed by atoms with E-state index < -0.39 is 0 Å². The van der Waals surface area contributed by atoms with E-state index in [1.807, 2.05) is 27.0 Å². The molecule has 164 valence electrons. The molecule has 1 aliphatic heterocycles. The van der Waals surface area contributed by atoms with E-state index in [9.17, 15) is 9.18 Å². The number of carbonyl (C=O) groups is 1. The lowest BCUT2D eigenvalue weighted by Crippen LogP contribution is -2.19. The highest BCUT2D eigenvalue weighted by atomic mass is 19.1. The van der Waals surface area contributed by atoms with E-state index in [2.05, 4.69) is 20.3 Å². The standard InChI is InChI=1S/C23H28FN5O2/c1-14-19(15(2)25-22-21(14)23(31-4)27-28(22)3)7-8-20(30)26-17-11-16(24)12-18(13-17)29-9-5-6-10-29/h11-13H,5-10H2,1-4H3,(H,26,30). The smallest absolute Gasteiger partial charge is 0.242 e. The van der Waals surface area contributed by atoms with E-state index in [-0.39, 0.29) is 18.1 Å². The third-order valence-electron chi connectivity index (χ3n) is 5.96. The molecule has 1 saturated heterocycles. The van der Waals surface area contributed by atoms with Crippen LogP contribution in [-0.4, -0.2) is 40.9 Å². The Balaban J connectivity index is 1.50. The summed E-state index contributed by atoms with van der Waals surface area (Å²) in [6.45, 7) is 5.78. The van der Waals surface area contributed by atoms with Crippen molar-refractivity contribution in [3.05, 3.63) is 40.8 Å². The third kappa shape index (κ3) is 4.19. The highest BCUT2D eigenvalue weighted by Crippen LogP contribution is 2.31. The minimum atomic E-state index is -0.343. The van der Waals surface area contributed by atoms with E-state index >= 15 is 0 Å². The largest absolute Gasteiger partial charge is 0.479 e. The Morgan fingerprint density at radius 3 is 2.68 bits per heavy atom. The molecule has 3 aromatic rings. The lowest BCUT2D eigenvalue weighted by molar-refractivity contribution is -0.116. The Hall–Kier alpha value is -3.16. The second kappa shape index (κ2) is 8.53. The molecular formula is C23H28FN5O2. The number of aryl methyl sites for hydroxylation is 3. The number of benzene rings is 1. The minimum Gasteiger partial charge on any atom is -0.479 e. The van der Waals surface area contributed by atoms with Crippen LogP contribution < -0.4 is 15.0 Å². The number of ether oxygens (including phenoxy) is 1. The van der Waals surface area contributed by atoms with Crippen molar-refractivity contribution >= 4 is 28.3 Å². The average Bonchev–Trinajstić information content (AvgIpc) is 3.36. The zero-order valence-electron chi connectivity index (χ0n) is 18.5. The van der Waals surface area contributed by atoms with Crippen LogP contribution in [0.4, 0.5) is 15.8 Å². The van der Waals surface area contributed by atoms with Crippen LogP contribution in [-0.2, 0) is 18.3 Å². The Morgan fingerprint density at radius 2 is 1.97 bits per heavy atom. The maximum Gasteiger partial charge on any atom is 0.242 e. The number of fused-ring (bicyclic) bond motifs is 1. The Labute approximate surface area is 181 Å². The van der Waals surface area contributed by atoms with Gasteiger partial charge in [-0.25, -0.2) is 14.1 Å². The molecule has 31 heavy (non-hydrogen) atoms. The van der Waals surface area contributed by atoms with Gasteiger partial charge in [0.05, 0.1) is 12.5 Å². The number of aromatic nitrogens is 3. The van der Waals surface area contributed by atoms with Gasteiger partial charge in [-0.05, 0) is 62.4 Å². The number of rotatable bonds is 6. The fourth-order valence-electron chi connectivity index (χ4n) is 4.37. The Morgan fingerprint density at radius 1 is 1.23 bits per heavy atom. The molecule has 0 bridgehead atoms. The third-order valence-corrected chi connectivity index (χ3v) is 5.96. The number of halogens is 1. The number of nitrogens with zero attached hydrogens (tertiary/aromatic N) is 4. The molecule has 0 unspecified atom stereocenters. The van der Waals surface area contributed by atoms with Gasteiger partial charge in [-0.15, -0.1) is 5.10 Å². The molecular weight excluding hydrogens is 397 g/mol. The SMILES string of the molecule is COc1nn(C)c2nc(C)c(CCC(=O)Nc3cc(F)cc(N4CCCC4)c3)c(C)c12. The van der Waals surface area contributed by atoms with E-state index in [4.69, 9.17) is 4.74 Å². The first-order valence-corrected chi connectivity index (χ1v) is 10.6. The quantitative estimate of drug-likeness (QED) is 0.648. The maximum atomic E-state index is 14.1. The summed E-state index contributed by atoms with van der Waals surface area (Å²) in [5.74, 6) is 0.0298. The predicted molar refractivity (Wildman–Crippen MR) is 119 cm³/mol. The van der Waals surface area contributed by atoms with Crippen molar-refractivity contribution in [2.45, 2.75) is 39.5 Å². The van der Waals surface area contributed by atoms with Gasteiger partial charge in [-0.2, -0.15) is 0 Å². The first kappa shape index (κ1) is 21.1. The number of methoxy groups -OCH3 is 1. The fraction of sp³-hybridized carbons (Fsp3) is 0.435. The second-order valence-electron chi connectivity index (χ2n) is 8.07. The van der Waals surface area contributed by atoms with Crippen LogP contribution in [0.15, 0.2) is 18.2 Å². The molecule has 0 atom stereocenters. The summed E-state index contributed by atoms with van der Waals surface area (Å²) in [4.78, 5) is 19.4. The summed E-state index contributed by atoms with van der Waals surface area (Å²) in [5, 5.41) is 8.08. The molecule has 1 amide bonds. The summed E-state index contributed by atoms with van der Waals surface area (Å²) in [7, 11) is 3.42. The number of anilines is 2. The van der Waals surface area contributed by atoms with Crippen LogP contribution in [0.25, 0.3) is 11.0 Å². The predicted octanol–water partition coefficient (Wildman–Crippen LogP) is 3.90. The van der Waals surface area contributed by atoms with E-state index in [0.717, 1.165) is 59.5 Å². The van der Waals surface area contributed by atoms with Crippen molar-refractivity contribution in [2.24, 2.45) is 7.05 Å². The number of hydrogen-bond acceptors (Lipinski definition) is 5. The molecule has 8 heteroatoms. The first-order chi connectivity index (χ1) is 14.9. The van der Waals surface area contributed by atoms with Crippen molar-refractivity contribution in [1.29, 1.82) is 0 Å². The molecule has 1 N–H and O–H groups in total. The van der Waals surface area contributed by atoms with Gasteiger partial charge in [0.2, 0.25) is 11.8 Å². The minimum absolute atomic E-state index is 0.157. The van der Waals surface area contributed by atoms with Crippen LogP contribution in [0.1, 0.15) is 36.1 Å². The first-order valence-electron chi connectivity index (χ1n) is 10.6. The molecule has 0 aliphatic carbocycles. The molecule has 4 rings (SSSR count). The van der Waals surface area contributed by atoms with Gasteiger partial charge < -0.3 is 15.0 Å². The summed E-state index contributed by atoms with van der Waals surface area (Å²) >= 11 is 0. The van der Waals surface area contributed by atoms with Crippen molar-refractivity contribution in [3.8, 4) is 5.88 Å². The van der Waals surface area contributed by atoms with Crippen molar-refractivity contribution in [2.75, 3.05) is 30.4 Å². The molecule has 1 aromatic carbocycles. The lowest BCUT2D eigenvalue weighted by Gasteiger charge is -2.19. The van der Waals surface area contributed by atoms with Gasteiger partial charge in [-0.3, -0.25) is 4.79 Å². The van der Waals surface area contributed by atoms with Gasteiger partial charge in [0.15, 0.2) is 5.65 Å². The van der Waals surface area contributed by atoms with Gasteiger partial charge in [0, 0.05) is 43.6 Å². The lowest BCUT2D eigenvalue weighted by atomic mass is 10.00. The van der Waals surface area contributed by atoms with Crippen molar-refractivity contribution < 1.29 is 13.9 Å². The van der Waals surface area contributed by atoms with Gasteiger partial charge >= 0.3 is 0 Å². The fourth-order valence-corrected chi connectivity index (χ4v) is 4.37. The van der Waals surface area contributed by atoms with Gasteiger partial charge in [-0.1, -0.05) is 0 Å². The topological polar surface area (TPSA) is 72.3 Å². The van der Waals surface area contributed by atoms with Crippen molar-refractivity contribution in [3.63, 3.8) is 0 Å². The van der Waals surface area contributed by atoms with Crippen LogP contribution in [0.3, 0.4) is 0 Å². The molecule has 1 fully saturated rings. The molecule has 2 aromatic heterocycles. The summed E-state index contributed by atoms with van der Waals surface area (Å²) in [5.41, 5.74) is 4.95. The molecule has 1 aliphatic rings. The van der Waals surface area contributed by atoms with E-state index in [1.54, 1.807) is 11.8 Å². The molecule has 0 radical (unpaired) electrons. The number of carbonyl (C=O) groups excluding carboxylic acids is 1. The summed E-state index contributed by atoms with van der Waals surface area (Å²) < 4.78 is 21.2. The zero-order chi connectivity index (χ0) is 22.1. The summed E-state index contributed by atoms with van der Waals surface area (Å²) in [6, 6.07) is 4.73. The maximum absolute atomic E-state index is 14.1. The average molecular weight is 426 g/mol. The second-order valence-corrected chi connectivity index (χ2v) is 8.07. The van der Waals surface area contributed by atoms with Crippen LogP contribution in [0.5, 0.6) is 5.88 Å². The van der Waals surface area contributed by atoms with Crippen LogP contribution >= 0.6 is 0 Å². The highest BCUT2D eigenvalue weighted by molar-refractivity contribution is 5.92. The Kier molecular flexibility index (Phi) is 5.80. The zero-order valence-corrected chi connectivity index (χ0v) is 18.5. The number of pyridine rings is 1. The van der Waals surface area contributed by atoms with Crippen molar-refractivity contribution in [1.82, 2.24) is 14.8 Å².